The van der Waals surface area contributed by atoms with Gasteiger partial charge >= 0.3 is 0 Å². The van der Waals surface area contributed by atoms with E-state index in [0.717, 1.165) is 17.6 Å². The first kappa shape index (κ1) is 19.7. The van der Waals surface area contributed by atoms with Crippen molar-refractivity contribution < 1.29 is 17.9 Å². The van der Waals surface area contributed by atoms with Gasteiger partial charge in [-0.15, -0.1) is 5.10 Å². The predicted molar refractivity (Wildman–Crippen MR) is 104 cm³/mol. The number of hydrogen-bond donors (Lipinski definition) is 1. The second kappa shape index (κ2) is 7.93. The van der Waals surface area contributed by atoms with E-state index in [1.807, 2.05) is 19.9 Å². The minimum Gasteiger partial charge on any atom is -0.492 e. The van der Waals surface area contributed by atoms with E-state index in [9.17, 15) is 13.2 Å². The monoisotopic (exact) mass is 403 g/mol. The fourth-order valence-corrected chi connectivity index (χ4v) is 2.99. The van der Waals surface area contributed by atoms with Gasteiger partial charge in [0.25, 0.3) is 5.78 Å². The second-order valence-corrected chi connectivity index (χ2v) is 8.77. The van der Waals surface area contributed by atoms with Gasteiger partial charge in [0.1, 0.15) is 12.4 Å². The van der Waals surface area contributed by atoms with Crippen LogP contribution in [0.1, 0.15) is 17.2 Å². The van der Waals surface area contributed by atoms with Gasteiger partial charge in [0.2, 0.25) is 5.91 Å². The largest absolute Gasteiger partial charge is 0.492 e. The number of aryl methyl sites for hydroxylation is 2. The number of anilines is 1. The number of rotatable bonds is 7. The Labute approximate surface area is 162 Å². The number of ether oxygens (including phenoxy) is 1. The zero-order chi connectivity index (χ0) is 20.3. The van der Waals surface area contributed by atoms with Crippen LogP contribution in [-0.4, -0.2) is 52.5 Å². The van der Waals surface area contributed by atoms with Crippen molar-refractivity contribution in [3.05, 3.63) is 47.5 Å². The molecule has 1 amide bonds. The summed E-state index contributed by atoms with van der Waals surface area (Å²) in [5.74, 6) is 0.956. The molecule has 0 aliphatic carbocycles. The Morgan fingerprint density at radius 1 is 1.21 bits per heavy atom. The Bertz CT molecular complexity index is 1120. The maximum Gasteiger partial charge on any atom is 0.252 e. The van der Waals surface area contributed by atoms with Crippen LogP contribution in [0.4, 0.5) is 5.69 Å². The normalized spacial score (nSPS) is 11.5. The van der Waals surface area contributed by atoms with Crippen molar-refractivity contribution in [3.63, 3.8) is 0 Å². The van der Waals surface area contributed by atoms with E-state index in [-0.39, 0.29) is 24.7 Å². The molecule has 3 aromatic rings. The molecule has 0 aliphatic rings. The molecule has 0 saturated carbocycles. The molecule has 0 fully saturated rings. The molecule has 2 aromatic heterocycles. The van der Waals surface area contributed by atoms with Crippen molar-refractivity contribution in [2.75, 3.05) is 23.9 Å². The highest BCUT2D eigenvalue weighted by Crippen LogP contribution is 2.17. The maximum atomic E-state index is 12.3. The van der Waals surface area contributed by atoms with E-state index >= 15 is 0 Å². The molecule has 2 heterocycles. The lowest BCUT2D eigenvalue weighted by molar-refractivity contribution is -0.115. The number of sulfone groups is 1. The lowest BCUT2D eigenvalue weighted by atomic mass is 10.3. The number of nitrogens with one attached hydrogen (secondary N) is 1. The molecule has 0 unspecified atom stereocenters. The first-order valence-electron chi connectivity index (χ1n) is 8.60. The van der Waals surface area contributed by atoms with Crippen LogP contribution < -0.4 is 10.1 Å². The molecule has 0 aliphatic heterocycles. The highest BCUT2D eigenvalue weighted by molar-refractivity contribution is 7.90. The van der Waals surface area contributed by atoms with E-state index in [0.29, 0.717) is 23.0 Å². The first-order valence-corrected chi connectivity index (χ1v) is 10.7. The molecule has 148 valence electrons. The highest BCUT2D eigenvalue weighted by Gasteiger charge is 2.12. The molecule has 1 N–H and O–H groups in total. The zero-order valence-corrected chi connectivity index (χ0v) is 16.7. The third-order valence-corrected chi connectivity index (χ3v) is 4.73. The number of hydrogen-bond acceptors (Lipinski definition) is 7. The van der Waals surface area contributed by atoms with Gasteiger partial charge < -0.3 is 10.1 Å². The summed E-state index contributed by atoms with van der Waals surface area (Å²) in [6.45, 7) is 3.82. The summed E-state index contributed by atoms with van der Waals surface area (Å²) in [7, 11) is -3.09. The van der Waals surface area contributed by atoms with E-state index in [1.165, 1.54) is 0 Å². The van der Waals surface area contributed by atoms with Crippen LogP contribution in [0.25, 0.3) is 5.78 Å². The number of aromatic nitrogens is 4. The molecule has 0 atom stereocenters. The van der Waals surface area contributed by atoms with Gasteiger partial charge in [-0.3, -0.25) is 4.79 Å². The lowest BCUT2D eigenvalue weighted by Crippen LogP contribution is -2.15. The fraction of sp³-hybridized carbons (Fsp3) is 0.333. The molecule has 0 radical (unpaired) electrons. The third kappa shape index (κ3) is 5.26. The Hall–Kier alpha value is -3.01. The van der Waals surface area contributed by atoms with Crippen molar-refractivity contribution in [2.45, 2.75) is 20.3 Å². The van der Waals surface area contributed by atoms with Gasteiger partial charge in [-0.25, -0.2) is 17.9 Å². The smallest absolute Gasteiger partial charge is 0.252 e. The van der Waals surface area contributed by atoms with Crippen molar-refractivity contribution in [1.29, 1.82) is 0 Å². The maximum absolute atomic E-state index is 12.3. The third-order valence-electron chi connectivity index (χ3n) is 3.82. The molecular formula is C18H21N5O4S. The molecule has 0 saturated heterocycles. The minimum absolute atomic E-state index is 0.00100. The summed E-state index contributed by atoms with van der Waals surface area (Å²) in [5, 5.41) is 7.08. The quantitative estimate of drug-likeness (QED) is 0.633. The van der Waals surface area contributed by atoms with Gasteiger partial charge in [-0.2, -0.15) is 4.98 Å². The Morgan fingerprint density at radius 2 is 2.00 bits per heavy atom. The molecule has 28 heavy (non-hydrogen) atoms. The number of amides is 1. The molecular weight excluding hydrogens is 382 g/mol. The summed E-state index contributed by atoms with van der Waals surface area (Å²) in [4.78, 5) is 20.9. The average molecular weight is 403 g/mol. The van der Waals surface area contributed by atoms with E-state index in [4.69, 9.17) is 4.74 Å². The molecule has 0 spiro atoms. The van der Waals surface area contributed by atoms with Crippen LogP contribution in [0.3, 0.4) is 0 Å². The molecule has 3 rings (SSSR count). The van der Waals surface area contributed by atoms with Crippen molar-refractivity contribution >= 4 is 27.2 Å². The Kier molecular flexibility index (Phi) is 5.59. The number of nitrogens with zero attached hydrogens (tertiary/aromatic N) is 4. The number of fused-ring (bicyclic) bond motifs is 1. The van der Waals surface area contributed by atoms with Gasteiger partial charge in [0.15, 0.2) is 15.7 Å². The number of benzene rings is 1. The van der Waals surface area contributed by atoms with Crippen molar-refractivity contribution in [2.24, 2.45) is 0 Å². The first-order chi connectivity index (χ1) is 13.2. The number of carbonyl (C=O) groups is 1. The van der Waals surface area contributed by atoms with Crippen LogP contribution in [0.15, 0.2) is 30.3 Å². The second-order valence-electron chi connectivity index (χ2n) is 6.51. The minimum atomic E-state index is -3.09. The van der Waals surface area contributed by atoms with E-state index in [1.54, 1.807) is 28.8 Å². The summed E-state index contributed by atoms with van der Waals surface area (Å²) in [5.41, 5.74) is 2.26. The van der Waals surface area contributed by atoms with Crippen molar-refractivity contribution in [3.8, 4) is 5.75 Å². The topological polar surface area (TPSA) is 116 Å². The summed E-state index contributed by atoms with van der Waals surface area (Å²) >= 11 is 0. The van der Waals surface area contributed by atoms with Crippen LogP contribution in [0.5, 0.6) is 5.75 Å². The predicted octanol–water partition coefficient (Wildman–Crippen LogP) is 1.35. The zero-order valence-electron chi connectivity index (χ0n) is 15.8. The van der Waals surface area contributed by atoms with Gasteiger partial charge in [-0.05, 0) is 32.0 Å². The summed E-state index contributed by atoms with van der Waals surface area (Å²) in [6.07, 6.45) is 1.15. The Morgan fingerprint density at radius 3 is 2.75 bits per heavy atom. The van der Waals surface area contributed by atoms with Gasteiger partial charge in [0.05, 0.1) is 12.2 Å². The molecule has 0 bridgehead atoms. The van der Waals surface area contributed by atoms with E-state index < -0.39 is 9.84 Å². The standard InChI is InChI=1S/C18H21N5O4S/c1-12-9-13(2)23-18(19-12)21-16(22-23)11-17(24)20-14-5-4-6-15(10-14)27-7-8-28(3,25)26/h4-6,9-10H,7-8,11H2,1-3H3,(H,20,24). The summed E-state index contributed by atoms with van der Waals surface area (Å²) < 4.78 is 29.3. The fourth-order valence-electron chi connectivity index (χ4n) is 2.61. The average Bonchev–Trinajstić information content (AvgIpc) is 2.96. The van der Waals surface area contributed by atoms with Gasteiger partial charge in [-0.1, -0.05) is 6.07 Å². The van der Waals surface area contributed by atoms with Crippen LogP contribution in [0, 0.1) is 13.8 Å². The highest BCUT2D eigenvalue weighted by atomic mass is 32.2. The van der Waals surface area contributed by atoms with Gasteiger partial charge in [0, 0.05) is 29.4 Å². The van der Waals surface area contributed by atoms with Crippen LogP contribution >= 0.6 is 0 Å². The van der Waals surface area contributed by atoms with Crippen LogP contribution in [0.2, 0.25) is 0 Å². The lowest BCUT2D eigenvalue weighted by Gasteiger charge is -2.08. The Balaban J connectivity index is 1.63. The summed E-state index contributed by atoms with van der Waals surface area (Å²) in [6, 6.07) is 8.64. The van der Waals surface area contributed by atoms with Crippen LogP contribution in [-0.2, 0) is 21.1 Å². The van der Waals surface area contributed by atoms with E-state index in [2.05, 4.69) is 20.4 Å². The molecule has 9 nitrogen and oxygen atoms in total. The molecule has 10 heteroatoms. The van der Waals surface area contributed by atoms with Crippen molar-refractivity contribution in [1.82, 2.24) is 19.6 Å². The number of carbonyl (C=O) groups excluding carboxylic acids is 1. The molecule has 1 aromatic carbocycles. The SMILES string of the molecule is Cc1cc(C)n2nc(CC(=O)Nc3cccc(OCCS(C)(=O)=O)c3)nc2n1.